The van der Waals surface area contributed by atoms with Crippen LogP contribution in [0.1, 0.15) is 13.3 Å². The van der Waals surface area contributed by atoms with Crippen LogP contribution in [-0.2, 0) is 14.3 Å². The average Bonchev–Trinajstić information content (AvgIpc) is 2.21. The Morgan fingerprint density at radius 2 is 2.00 bits per heavy atom. The zero-order valence-electron chi connectivity index (χ0n) is 8.25. The number of nitrogens with one attached hydrogen (secondary N) is 1. The second kappa shape index (κ2) is 8.10. The molecule has 0 rings (SSSR count). The number of carbonyl (C=O) groups excluding carboxylic acids is 2. The van der Waals surface area contributed by atoms with Crippen molar-refractivity contribution in [3.8, 4) is 0 Å². The molecule has 0 aliphatic carbocycles. The van der Waals surface area contributed by atoms with Crippen LogP contribution in [0.25, 0.3) is 0 Å². The van der Waals surface area contributed by atoms with Crippen molar-refractivity contribution >= 4 is 12.1 Å². The van der Waals surface area contributed by atoms with Crippen molar-refractivity contribution in [1.82, 2.24) is 5.32 Å². The molecule has 0 aromatic carbocycles. The van der Waals surface area contributed by atoms with E-state index in [0.29, 0.717) is 6.54 Å². The fraction of sp³-hybridized carbons (Fsp3) is 0.556. The van der Waals surface area contributed by atoms with Gasteiger partial charge in [0.15, 0.2) is 0 Å². The average molecular weight is 201 g/mol. The van der Waals surface area contributed by atoms with Crippen LogP contribution in [0.15, 0.2) is 12.7 Å². The number of esters is 1. The number of ether oxygens (including phenoxy) is 2. The molecule has 0 aromatic rings. The van der Waals surface area contributed by atoms with Gasteiger partial charge in [0.1, 0.15) is 13.2 Å². The van der Waals surface area contributed by atoms with Crippen LogP contribution >= 0.6 is 0 Å². The number of amides is 1. The summed E-state index contributed by atoms with van der Waals surface area (Å²) in [7, 11) is 0. The first-order valence-electron chi connectivity index (χ1n) is 4.40. The molecule has 0 aromatic heterocycles. The highest BCUT2D eigenvalue weighted by atomic mass is 16.6. The van der Waals surface area contributed by atoms with Crippen LogP contribution in [-0.4, -0.2) is 31.8 Å². The Kier molecular flexibility index (Phi) is 7.22. The monoisotopic (exact) mass is 201 g/mol. The predicted molar refractivity (Wildman–Crippen MR) is 50.8 cm³/mol. The summed E-state index contributed by atoms with van der Waals surface area (Å²) in [6.07, 6.45) is 1.40. The van der Waals surface area contributed by atoms with Crippen LogP contribution in [0.5, 0.6) is 0 Å². The minimum atomic E-state index is -0.525. The summed E-state index contributed by atoms with van der Waals surface area (Å²) in [6, 6.07) is 0. The van der Waals surface area contributed by atoms with Crippen molar-refractivity contribution in [2.24, 2.45) is 0 Å². The third kappa shape index (κ3) is 7.15. The Balaban J connectivity index is 3.31. The third-order valence-electron chi connectivity index (χ3n) is 1.25. The van der Waals surface area contributed by atoms with Crippen LogP contribution in [0, 0.1) is 0 Å². The lowest BCUT2D eigenvalue weighted by Crippen LogP contribution is -2.26. The Morgan fingerprint density at radius 1 is 1.36 bits per heavy atom. The Hall–Kier alpha value is -1.52. The molecule has 0 spiro atoms. The summed E-state index contributed by atoms with van der Waals surface area (Å²) in [6.45, 7) is 5.83. The van der Waals surface area contributed by atoms with Gasteiger partial charge in [0.2, 0.25) is 0 Å². The molecule has 5 nitrogen and oxygen atoms in total. The van der Waals surface area contributed by atoms with E-state index >= 15 is 0 Å². The molecule has 5 heteroatoms. The number of alkyl carbamates (subject to hydrolysis) is 1. The van der Waals surface area contributed by atoms with Crippen molar-refractivity contribution < 1.29 is 19.1 Å². The third-order valence-corrected chi connectivity index (χ3v) is 1.25. The van der Waals surface area contributed by atoms with Gasteiger partial charge >= 0.3 is 12.1 Å². The molecule has 0 bridgehead atoms. The molecule has 0 saturated heterocycles. The molecule has 0 saturated carbocycles. The van der Waals surface area contributed by atoms with Crippen LogP contribution < -0.4 is 5.32 Å². The van der Waals surface area contributed by atoms with Gasteiger partial charge < -0.3 is 14.8 Å². The van der Waals surface area contributed by atoms with E-state index in [0.717, 1.165) is 12.5 Å². The van der Waals surface area contributed by atoms with Crippen molar-refractivity contribution in [3.63, 3.8) is 0 Å². The van der Waals surface area contributed by atoms with E-state index in [1.54, 1.807) is 0 Å². The molecule has 1 N–H and O–H groups in total. The van der Waals surface area contributed by atoms with Crippen LogP contribution in [0.2, 0.25) is 0 Å². The molecule has 0 aliphatic heterocycles. The lowest BCUT2D eigenvalue weighted by molar-refractivity contribution is -0.138. The summed E-state index contributed by atoms with van der Waals surface area (Å²) >= 11 is 0. The van der Waals surface area contributed by atoms with Gasteiger partial charge in [-0.1, -0.05) is 13.5 Å². The maximum atomic E-state index is 10.8. The van der Waals surface area contributed by atoms with Gasteiger partial charge in [-0.25, -0.2) is 9.59 Å². The molecule has 0 fully saturated rings. The van der Waals surface area contributed by atoms with Crippen LogP contribution in [0.4, 0.5) is 4.79 Å². The quantitative estimate of drug-likeness (QED) is 0.393. The van der Waals surface area contributed by atoms with Gasteiger partial charge in [0, 0.05) is 12.6 Å². The SMILES string of the molecule is C=CC(=O)OCCOC(=O)NCCC. The summed E-state index contributed by atoms with van der Waals surface area (Å²) in [5.74, 6) is -0.525. The highest BCUT2D eigenvalue weighted by molar-refractivity contribution is 5.81. The van der Waals surface area contributed by atoms with Gasteiger partial charge in [0.25, 0.3) is 0 Å². The van der Waals surface area contributed by atoms with Gasteiger partial charge in [-0.05, 0) is 6.42 Å². The second-order valence-corrected chi connectivity index (χ2v) is 2.43. The van der Waals surface area contributed by atoms with Crippen molar-refractivity contribution in [2.45, 2.75) is 13.3 Å². The Morgan fingerprint density at radius 3 is 2.57 bits per heavy atom. The molecular formula is C9H15NO4. The summed E-state index contributed by atoms with van der Waals surface area (Å²) in [4.78, 5) is 21.4. The zero-order chi connectivity index (χ0) is 10.8. The maximum absolute atomic E-state index is 10.8. The molecule has 0 aliphatic rings. The Labute approximate surface area is 83.1 Å². The van der Waals surface area contributed by atoms with Crippen LogP contribution in [0.3, 0.4) is 0 Å². The van der Waals surface area contributed by atoms with Crippen molar-refractivity contribution in [3.05, 3.63) is 12.7 Å². The van der Waals surface area contributed by atoms with E-state index < -0.39 is 12.1 Å². The standard InChI is InChI=1S/C9H15NO4/c1-3-5-10-9(12)14-7-6-13-8(11)4-2/h4H,2-3,5-7H2,1H3,(H,10,12). The molecular weight excluding hydrogens is 186 g/mol. The Bertz CT molecular complexity index is 203. The molecule has 80 valence electrons. The van der Waals surface area contributed by atoms with E-state index in [1.165, 1.54) is 0 Å². The van der Waals surface area contributed by atoms with Crippen molar-refractivity contribution in [2.75, 3.05) is 19.8 Å². The molecule has 0 atom stereocenters. The molecule has 0 radical (unpaired) electrons. The lowest BCUT2D eigenvalue weighted by Gasteiger charge is -2.05. The lowest BCUT2D eigenvalue weighted by atomic mass is 10.5. The minimum absolute atomic E-state index is 0.0460. The first kappa shape index (κ1) is 12.5. The molecule has 1 amide bonds. The van der Waals surface area contributed by atoms with E-state index in [9.17, 15) is 9.59 Å². The number of carbonyl (C=O) groups is 2. The normalized spacial score (nSPS) is 8.93. The van der Waals surface area contributed by atoms with E-state index in [4.69, 9.17) is 0 Å². The van der Waals surface area contributed by atoms with Gasteiger partial charge in [-0.3, -0.25) is 0 Å². The van der Waals surface area contributed by atoms with Crippen molar-refractivity contribution in [1.29, 1.82) is 0 Å². The molecule has 0 heterocycles. The number of rotatable bonds is 6. The first-order valence-corrected chi connectivity index (χ1v) is 4.40. The summed E-state index contributed by atoms with van der Waals surface area (Å²) in [5, 5.41) is 2.51. The maximum Gasteiger partial charge on any atom is 0.407 e. The smallest absolute Gasteiger partial charge is 0.407 e. The molecule has 14 heavy (non-hydrogen) atoms. The van der Waals surface area contributed by atoms with Gasteiger partial charge in [0.05, 0.1) is 0 Å². The fourth-order valence-corrected chi connectivity index (χ4v) is 0.614. The first-order chi connectivity index (χ1) is 6.70. The predicted octanol–water partition coefficient (Wildman–Crippen LogP) is 0.852. The highest BCUT2D eigenvalue weighted by Gasteiger charge is 2.00. The summed E-state index contributed by atoms with van der Waals surface area (Å²) in [5.41, 5.74) is 0. The highest BCUT2D eigenvalue weighted by Crippen LogP contribution is 1.83. The molecule has 0 unspecified atom stereocenters. The summed E-state index contributed by atoms with van der Waals surface area (Å²) < 4.78 is 9.26. The van der Waals surface area contributed by atoms with E-state index in [2.05, 4.69) is 21.4 Å². The number of hydrogen-bond donors (Lipinski definition) is 1. The topological polar surface area (TPSA) is 64.6 Å². The van der Waals surface area contributed by atoms with Gasteiger partial charge in [-0.15, -0.1) is 0 Å². The fourth-order valence-electron chi connectivity index (χ4n) is 0.614. The largest absolute Gasteiger partial charge is 0.459 e. The van der Waals surface area contributed by atoms with Gasteiger partial charge in [-0.2, -0.15) is 0 Å². The van der Waals surface area contributed by atoms with E-state index in [1.807, 2.05) is 6.92 Å². The zero-order valence-corrected chi connectivity index (χ0v) is 8.25. The number of hydrogen-bond acceptors (Lipinski definition) is 4. The second-order valence-electron chi connectivity index (χ2n) is 2.43. The minimum Gasteiger partial charge on any atom is -0.459 e. The van der Waals surface area contributed by atoms with E-state index in [-0.39, 0.29) is 13.2 Å².